The van der Waals surface area contributed by atoms with Gasteiger partial charge in [0.05, 0.1) is 17.8 Å². The maximum atomic E-state index is 10.7. The molecule has 1 saturated heterocycles. The molecule has 1 spiro atoms. The summed E-state index contributed by atoms with van der Waals surface area (Å²) in [5, 5.41) is 10.7. The maximum Gasteiger partial charge on any atom is 0.0821 e. The van der Waals surface area contributed by atoms with Crippen LogP contribution in [0.4, 0.5) is 0 Å². The molecule has 2 heteroatoms. The van der Waals surface area contributed by atoms with Gasteiger partial charge in [0.25, 0.3) is 0 Å². The minimum Gasteiger partial charge on any atom is -0.388 e. The van der Waals surface area contributed by atoms with Gasteiger partial charge in [-0.3, -0.25) is 0 Å². The number of aliphatic hydroxyl groups excluding tert-OH is 1. The van der Waals surface area contributed by atoms with E-state index >= 15 is 0 Å². The van der Waals surface area contributed by atoms with Gasteiger partial charge in [-0.15, -0.1) is 0 Å². The molecule has 2 nitrogen and oxygen atoms in total. The summed E-state index contributed by atoms with van der Waals surface area (Å²) in [5.74, 6) is 0.376. The molecule has 1 heterocycles. The number of hydrogen-bond acceptors (Lipinski definition) is 2. The number of fused-ring (bicyclic) bond motifs is 1. The Morgan fingerprint density at radius 1 is 1.10 bits per heavy atom. The molecule has 1 aromatic carbocycles. The zero-order valence-corrected chi connectivity index (χ0v) is 12.8. The van der Waals surface area contributed by atoms with Crippen molar-refractivity contribution in [1.82, 2.24) is 0 Å². The first-order chi connectivity index (χ1) is 10.3. The number of benzene rings is 1. The number of aliphatic hydroxyl groups is 1. The fraction of sp³-hybridized carbons (Fsp3) is 0.684. The lowest BCUT2D eigenvalue weighted by Gasteiger charge is -2.32. The molecule has 1 aromatic rings. The molecule has 1 N–H and O–H groups in total. The molecule has 1 aliphatic heterocycles. The van der Waals surface area contributed by atoms with Crippen molar-refractivity contribution in [3.8, 4) is 0 Å². The van der Waals surface area contributed by atoms with Crippen LogP contribution in [0.3, 0.4) is 0 Å². The van der Waals surface area contributed by atoms with Crippen molar-refractivity contribution >= 4 is 0 Å². The van der Waals surface area contributed by atoms with Crippen LogP contribution in [0.2, 0.25) is 0 Å². The van der Waals surface area contributed by atoms with Crippen molar-refractivity contribution in [1.29, 1.82) is 0 Å². The van der Waals surface area contributed by atoms with Crippen molar-refractivity contribution in [2.45, 2.75) is 75.6 Å². The Hall–Kier alpha value is -0.860. The maximum absolute atomic E-state index is 10.7. The molecule has 21 heavy (non-hydrogen) atoms. The number of aryl methyl sites for hydroxylation is 1. The van der Waals surface area contributed by atoms with E-state index in [0.717, 1.165) is 24.8 Å². The third-order valence-corrected chi connectivity index (χ3v) is 6.02. The Balaban J connectivity index is 1.42. The Labute approximate surface area is 127 Å². The third-order valence-electron chi connectivity index (χ3n) is 6.02. The lowest BCUT2D eigenvalue weighted by molar-refractivity contribution is -0.0541. The van der Waals surface area contributed by atoms with Crippen molar-refractivity contribution in [2.75, 3.05) is 0 Å². The molecule has 114 valence electrons. The van der Waals surface area contributed by atoms with Crippen molar-refractivity contribution in [3.05, 3.63) is 35.4 Å². The van der Waals surface area contributed by atoms with Crippen molar-refractivity contribution in [3.63, 3.8) is 0 Å². The van der Waals surface area contributed by atoms with Crippen LogP contribution in [0.1, 0.15) is 68.6 Å². The Bertz CT molecular complexity index is 504. The quantitative estimate of drug-likeness (QED) is 0.884. The van der Waals surface area contributed by atoms with Gasteiger partial charge < -0.3 is 9.84 Å². The van der Waals surface area contributed by atoms with E-state index in [-0.39, 0.29) is 11.7 Å². The number of hydrogen-bond donors (Lipinski definition) is 1. The molecule has 3 atom stereocenters. The zero-order chi connectivity index (χ0) is 14.3. The van der Waals surface area contributed by atoms with Crippen LogP contribution >= 0.6 is 0 Å². The first kappa shape index (κ1) is 13.8. The fourth-order valence-electron chi connectivity index (χ4n) is 4.84. The molecule has 0 amide bonds. The average molecular weight is 286 g/mol. The van der Waals surface area contributed by atoms with Crippen LogP contribution in [0, 0.1) is 5.92 Å². The molecule has 2 aliphatic carbocycles. The highest BCUT2D eigenvalue weighted by molar-refractivity contribution is 5.31. The summed E-state index contributed by atoms with van der Waals surface area (Å²) in [4.78, 5) is 0. The van der Waals surface area contributed by atoms with Gasteiger partial charge in [0.2, 0.25) is 0 Å². The Morgan fingerprint density at radius 2 is 1.90 bits per heavy atom. The average Bonchev–Trinajstić information content (AvgIpc) is 3.13. The minimum atomic E-state index is -0.293. The Morgan fingerprint density at radius 3 is 2.76 bits per heavy atom. The van der Waals surface area contributed by atoms with E-state index in [1.165, 1.54) is 44.1 Å². The molecule has 0 radical (unpaired) electrons. The van der Waals surface area contributed by atoms with E-state index in [1.807, 2.05) is 6.07 Å². The second-order valence-electron chi connectivity index (χ2n) is 7.35. The predicted octanol–water partition coefficient (Wildman–Crippen LogP) is 4.16. The van der Waals surface area contributed by atoms with Gasteiger partial charge in [-0.25, -0.2) is 0 Å². The summed E-state index contributed by atoms with van der Waals surface area (Å²) < 4.78 is 6.44. The highest BCUT2D eigenvalue weighted by Crippen LogP contribution is 2.46. The summed E-state index contributed by atoms with van der Waals surface area (Å²) in [7, 11) is 0. The zero-order valence-electron chi connectivity index (χ0n) is 12.8. The molecule has 3 unspecified atom stereocenters. The van der Waals surface area contributed by atoms with Crippen LogP contribution in [0.5, 0.6) is 0 Å². The van der Waals surface area contributed by atoms with Gasteiger partial charge in [0.1, 0.15) is 0 Å². The van der Waals surface area contributed by atoms with E-state index < -0.39 is 0 Å². The summed E-state index contributed by atoms with van der Waals surface area (Å²) in [6, 6.07) is 8.38. The summed E-state index contributed by atoms with van der Waals surface area (Å²) in [6.07, 6.45) is 11.0. The van der Waals surface area contributed by atoms with Gasteiger partial charge in [-0.2, -0.15) is 0 Å². The molecular weight excluding hydrogens is 260 g/mol. The molecular formula is C19H26O2. The largest absolute Gasteiger partial charge is 0.388 e. The molecule has 0 aromatic heterocycles. The van der Waals surface area contributed by atoms with Crippen LogP contribution in [0.15, 0.2) is 24.3 Å². The highest BCUT2D eigenvalue weighted by atomic mass is 16.5. The Kier molecular flexibility index (Phi) is 3.55. The first-order valence-electron chi connectivity index (χ1n) is 8.69. The van der Waals surface area contributed by atoms with Gasteiger partial charge in [0, 0.05) is 0 Å². The van der Waals surface area contributed by atoms with E-state index in [4.69, 9.17) is 4.74 Å². The predicted molar refractivity (Wildman–Crippen MR) is 83.1 cm³/mol. The summed E-state index contributed by atoms with van der Waals surface area (Å²) in [5.41, 5.74) is 2.71. The van der Waals surface area contributed by atoms with Crippen molar-refractivity contribution in [2.24, 2.45) is 5.92 Å². The van der Waals surface area contributed by atoms with E-state index in [0.29, 0.717) is 12.0 Å². The van der Waals surface area contributed by atoms with Crippen LogP contribution in [0.25, 0.3) is 0 Å². The summed E-state index contributed by atoms with van der Waals surface area (Å²) >= 11 is 0. The topological polar surface area (TPSA) is 29.5 Å². The van der Waals surface area contributed by atoms with Gasteiger partial charge in [-0.05, 0) is 62.0 Å². The van der Waals surface area contributed by atoms with Crippen LogP contribution in [-0.2, 0) is 11.2 Å². The molecule has 4 rings (SSSR count). The molecule has 3 aliphatic rings. The van der Waals surface area contributed by atoms with Crippen LogP contribution in [-0.4, -0.2) is 16.8 Å². The third kappa shape index (κ3) is 2.53. The molecule has 1 saturated carbocycles. The first-order valence-corrected chi connectivity index (χ1v) is 8.69. The highest BCUT2D eigenvalue weighted by Gasteiger charge is 2.43. The number of rotatable bonds is 2. The second kappa shape index (κ2) is 5.40. The van der Waals surface area contributed by atoms with Crippen molar-refractivity contribution < 1.29 is 9.84 Å². The molecule has 0 bridgehead atoms. The molecule has 2 fully saturated rings. The normalized spacial score (nSPS) is 34.2. The minimum absolute atomic E-state index is 0.224. The van der Waals surface area contributed by atoms with Gasteiger partial charge >= 0.3 is 0 Å². The van der Waals surface area contributed by atoms with Gasteiger partial charge in [-0.1, -0.05) is 37.1 Å². The lowest BCUT2D eigenvalue weighted by atomic mass is 9.78. The smallest absolute Gasteiger partial charge is 0.0821 e. The van der Waals surface area contributed by atoms with Gasteiger partial charge in [0.15, 0.2) is 0 Å². The lowest BCUT2D eigenvalue weighted by Crippen LogP contribution is -2.28. The monoisotopic (exact) mass is 286 g/mol. The fourth-order valence-corrected chi connectivity index (χ4v) is 4.84. The number of ether oxygens (including phenoxy) is 1. The standard InChI is InChI=1S/C19H26O2/c20-18-15(8-7-14-5-1-2-6-17(14)18)13-16-9-12-19(21-16)10-3-4-11-19/h1-2,5-6,15-16,18,20H,3-4,7-13H2. The van der Waals surface area contributed by atoms with E-state index in [2.05, 4.69) is 18.2 Å². The summed E-state index contributed by atoms with van der Waals surface area (Å²) in [6.45, 7) is 0. The van der Waals surface area contributed by atoms with E-state index in [1.54, 1.807) is 0 Å². The second-order valence-corrected chi connectivity index (χ2v) is 7.35. The van der Waals surface area contributed by atoms with Crippen LogP contribution < -0.4 is 0 Å². The van der Waals surface area contributed by atoms with E-state index in [9.17, 15) is 5.11 Å². The SMILES string of the molecule is OC1c2ccccc2CCC1CC1CCC2(CCCC2)O1.